The topological polar surface area (TPSA) is 64.6 Å². The van der Waals surface area contributed by atoms with E-state index in [4.69, 9.17) is 21.1 Å². The van der Waals surface area contributed by atoms with Gasteiger partial charge in [-0.25, -0.2) is 9.18 Å². The summed E-state index contributed by atoms with van der Waals surface area (Å²) in [4.78, 5) is 24.0. The van der Waals surface area contributed by atoms with Crippen molar-refractivity contribution in [2.24, 2.45) is 0 Å². The second-order valence-corrected chi connectivity index (χ2v) is 6.42. The molecule has 1 N–H and O–H groups in total. The first-order chi connectivity index (χ1) is 12.3. The Balaban J connectivity index is 1.81. The molecule has 0 unspecified atom stereocenters. The number of amides is 1. The lowest BCUT2D eigenvalue weighted by Gasteiger charge is -2.24. The van der Waals surface area contributed by atoms with Crippen LogP contribution in [0.2, 0.25) is 5.02 Å². The fourth-order valence-electron chi connectivity index (χ4n) is 2.03. The number of hydrogen-bond donors (Lipinski definition) is 1. The summed E-state index contributed by atoms with van der Waals surface area (Å²) >= 11 is 6.01. The number of rotatable bonds is 7. The van der Waals surface area contributed by atoms with Crippen molar-refractivity contribution >= 4 is 23.5 Å². The molecular formula is C19H19ClFNO4. The number of halogens is 2. The van der Waals surface area contributed by atoms with Crippen LogP contribution in [-0.2, 0) is 20.9 Å². The van der Waals surface area contributed by atoms with Gasteiger partial charge in [0.1, 0.15) is 11.6 Å². The van der Waals surface area contributed by atoms with Gasteiger partial charge in [-0.2, -0.15) is 0 Å². The van der Waals surface area contributed by atoms with Gasteiger partial charge in [0.05, 0.1) is 0 Å². The predicted molar refractivity (Wildman–Crippen MR) is 95.4 cm³/mol. The molecule has 1 amide bonds. The summed E-state index contributed by atoms with van der Waals surface area (Å²) in [5, 5.41) is 3.16. The molecule has 0 aromatic heterocycles. The summed E-state index contributed by atoms with van der Waals surface area (Å²) in [6.07, 6.45) is 0. The van der Waals surface area contributed by atoms with Crippen molar-refractivity contribution in [3.05, 3.63) is 64.9 Å². The van der Waals surface area contributed by atoms with Crippen LogP contribution in [-0.4, -0.2) is 24.1 Å². The van der Waals surface area contributed by atoms with Gasteiger partial charge in [-0.15, -0.1) is 0 Å². The molecule has 0 saturated carbocycles. The fourth-order valence-corrected chi connectivity index (χ4v) is 2.23. The standard InChI is InChI=1S/C19H19ClFNO4/c1-19(2,26-15-9-7-14(21)8-10-15)18(24)25-12-17(23)22-11-13-5-3-4-6-16(13)20/h3-10H,11-12H2,1-2H3,(H,22,23). The average Bonchev–Trinajstić information content (AvgIpc) is 2.60. The molecule has 0 aliphatic heterocycles. The lowest BCUT2D eigenvalue weighted by molar-refractivity contribution is -0.162. The third kappa shape index (κ3) is 5.74. The Morgan fingerprint density at radius 2 is 1.77 bits per heavy atom. The largest absolute Gasteiger partial charge is 0.476 e. The van der Waals surface area contributed by atoms with E-state index in [0.717, 1.165) is 5.56 Å². The molecule has 0 spiro atoms. The summed E-state index contributed by atoms with van der Waals surface area (Å²) in [6, 6.07) is 12.4. The number of esters is 1. The summed E-state index contributed by atoms with van der Waals surface area (Å²) < 4.78 is 23.4. The molecule has 5 nitrogen and oxygen atoms in total. The molecule has 2 rings (SSSR count). The second kappa shape index (κ2) is 8.67. The highest BCUT2D eigenvalue weighted by atomic mass is 35.5. The minimum atomic E-state index is -1.33. The maximum Gasteiger partial charge on any atom is 0.350 e. The number of benzene rings is 2. The fraction of sp³-hybridized carbons (Fsp3) is 0.263. The zero-order valence-corrected chi connectivity index (χ0v) is 15.2. The second-order valence-electron chi connectivity index (χ2n) is 6.01. The number of ether oxygens (including phenoxy) is 2. The van der Waals surface area contributed by atoms with E-state index >= 15 is 0 Å². The molecule has 0 aliphatic rings. The van der Waals surface area contributed by atoms with Crippen LogP contribution < -0.4 is 10.1 Å². The first kappa shape index (κ1) is 19.7. The Hall–Kier alpha value is -2.60. The van der Waals surface area contributed by atoms with Gasteiger partial charge >= 0.3 is 5.97 Å². The molecule has 0 bridgehead atoms. The third-order valence-corrected chi connectivity index (χ3v) is 3.82. The van der Waals surface area contributed by atoms with E-state index in [1.54, 1.807) is 18.2 Å². The molecular weight excluding hydrogens is 361 g/mol. The van der Waals surface area contributed by atoms with Crippen LogP contribution in [0.15, 0.2) is 48.5 Å². The highest BCUT2D eigenvalue weighted by Gasteiger charge is 2.32. The van der Waals surface area contributed by atoms with Gasteiger partial charge in [0.2, 0.25) is 0 Å². The van der Waals surface area contributed by atoms with Crippen molar-refractivity contribution < 1.29 is 23.5 Å². The maximum absolute atomic E-state index is 12.9. The molecule has 0 atom stereocenters. The molecule has 0 aliphatic carbocycles. The van der Waals surface area contributed by atoms with E-state index in [9.17, 15) is 14.0 Å². The van der Waals surface area contributed by atoms with Crippen molar-refractivity contribution in [3.63, 3.8) is 0 Å². The first-order valence-electron chi connectivity index (χ1n) is 7.90. The SMILES string of the molecule is CC(C)(Oc1ccc(F)cc1)C(=O)OCC(=O)NCc1ccccc1Cl. The minimum absolute atomic E-state index is 0.228. The summed E-state index contributed by atoms with van der Waals surface area (Å²) in [5.41, 5.74) is -0.574. The van der Waals surface area contributed by atoms with Crippen LogP contribution in [0.3, 0.4) is 0 Å². The Labute approximate surface area is 156 Å². The molecule has 0 fully saturated rings. The first-order valence-corrected chi connectivity index (χ1v) is 8.27. The number of carbonyl (C=O) groups is 2. The van der Waals surface area contributed by atoms with E-state index < -0.39 is 29.9 Å². The van der Waals surface area contributed by atoms with Crippen LogP contribution in [0.25, 0.3) is 0 Å². The van der Waals surface area contributed by atoms with Gasteiger partial charge < -0.3 is 14.8 Å². The predicted octanol–water partition coefficient (Wildman–Crippen LogP) is 3.50. The van der Waals surface area contributed by atoms with Gasteiger partial charge in [-0.05, 0) is 49.7 Å². The monoisotopic (exact) mass is 379 g/mol. The molecule has 7 heteroatoms. The normalized spacial score (nSPS) is 10.9. The highest BCUT2D eigenvalue weighted by Crippen LogP contribution is 2.20. The Bertz CT molecular complexity index is 777. The van der Waals surface area contributed by atoms with Gasteiger partial charge in [-0.1, -0.05) is 29.8 Å². The van der Waals surface area contributed by atoms with E-state index in [1.165, 1.54) is 38.1 Å². The van der Waals surface area contributed by atoms with E-state index in [0.29, 0.717) is 10.8 Å². The molecule has 2 aromatic carbocycles. The third-order valence-electron chi connectivity index (χ3n) is 3.45. The Morgan fingerprint density at radius 1 is 1.12 bits per heavy atom. The molecule has 138 valence electrons. The van der Waals surface area contributed by atoms with E-state index in [-0.39, 0.29) is 6.54 Å². The lowest BCUT2D eigenvalue weighted by Crippen LogP contribution is -2.41. The van der Waals surface area contributed by atoms with E-state index in [1.807, 2.05) is 6.07 Å². The molecule has 0 heterocycles. The van der Waals surface area contributed by atoms with Crippen molar-refractivity contribution in [2.75, 3.05) is 6.61 Å². The average molecular weight is 380 g/mol. The summed E-state index contributed by atoms with van der Waals surface area (Å²) in [5.74, 6) is -1.27. The quantitative estimate of drug-likeness (QED) is 0.748. The Kier molecular flexibility index (Phi) is 6.58. The molecule has 0 saturated heterocycles. The van der Waals surface area contributed by atoms with Crippen LogP contribution in [0.4, 0.5) is 4.39 Å². The maximum atomic E-state index is 12.9. The minimum Gasteiger partial charge on any atom is -0.476 e. The summed E-state index contributed by atoms with van der Waals surface area (Å²) in [7, 11) is 0. The zero-order valence-electron chi connectivity index (χ0n) is 14.4. The molecule has 0 radical (unpaired) electrons. The lowest BCUT2D eigenvalue weighted by atomic mass is 10.1. The highest BCUT2D eigenvalue weighted by molar-refractivity contribution is 6.31. The Morgan fingerprint density at radius 3 is 2.42 bits per heavy atom. The smallest absolute Gasteiger partial charge is 0.350 e. The van der Waals surface area contributed by atoms with Crippen LogP contribution >= 0.6 is 11.6 Å². The van der Waals surface area contributed by atoms with Gasteiger partial charge in [0, 0.05) is 11.6 Å². The van der Waals surface area contributed by atoms with Crippen molar-refractivity contribution in [3.8, 4) is 5.75 Å². The van der Waals surface area contributed by atoms with Gasteiger partial charge in [-0.3, -0.25) is 4.79 Å². The van der Waals surface area contributed by atoms with Gasteiger partial charge in [0.15, 0.2) is 12.2 Å². The van der Waals surface area contributed by atoms with Crippen molar-refractivity contribution in [1.82, 2.24) is 5.32 Å². The number of nitrogens with one attached hydrogen (secondary N) is 1. The van der Waals surface area contributed by atoms with E-state index in [2.05, 4.69) is 5.32 Å². The van der Waals surface area contributed by atoms with Crippen molar-refractivity contribution in [1.29, 1.82) is 0 Å². The van der Waals surface area contributed by atoms with Gasteiger partial charge in [0.25, 0.3) is 5.91 Å². The molecule has 2 aromatic rings. The number of carbonyl (C=O) groups excluding carboxylic acids is 2. The summed E-state index contributed by atoms with van der Waals surface area (Å²) in [6.45, 7) is 2.78. The van der Waals surface area contributed by atoms with Crippen LogP contribution in [0.5, 0.6) is 5.75 Å². The molecule has 26 heavy (non-hydrogen) atoms. The zero-order chi connectivity index (χ0) is 19.2. The van der Waals surface area contributed by atoms with Crippen LogP contribution in [0.1, 0.15) is 19.4 Å². The number of hydrogen-bond acceptors (Lipinski definition) is 4. The van der Waals surface area contributed by atoms with Crippen LogP contribution in [0, 0.1) is 5.82 Å². The van der Waals surface area contributed by atoms with Crippen molar-refractivity contribution in [2.45, 2.75) is 26.0 Å².